The van der Waals surface area contributed by atoms with Gasteiger partial charge in [0, 0.05) is 48.2 Å². The summed E-state index contributed by atoms with van der Waals surface area (Å²) in [5, 5.41) is 5.94. The number of anilines is 3. The first-order valence-corrected chi connectivity index (χ1v) is 10.5. The van der Waals surface area contributed by atoms with E-state index in [4.69, 9.17) is 0 Å². The van der Waals surface area contributed by atoms with Gasteiger partial charge >= 0.3 is 0 Å². The number of benzene rings is 2. The number of nitrogens with one attached hydrogen (secondary N) is 2. The van der Waals surface area contributed by atoms with Crippen LogP contribution in [0.4, 0.5) is 25.8 Å². The van der Waals surface area contributed by atoms with E-state index in [0.29, 0.717) is 28.9 Å². The predicted molar refractivity (Wildman–Crippen MR) is 114 cm³/mol. The van der Waals surface area contributed by atoms with Gasteiger partial charge in [0.15, 0.2) is 0 Å². The van der Waals surface area contributed by atoms with Crippen LogP contribution in [0.25, 0.3) is 0 Å². The lowest BCUT2D eigenvalue weighted by Gasteiger charge is -2.23. The van der Waals surface area contributed by atoms with Crippen molar-refractivity contribution in [3.63, 3.8) is 0 Å². The Hall–Kier alpha value is -2.67. The molecule has 2 N–H and O–H groups in total. The normalized spacial score (nSPS) is 25.2. The molecule has 5 rings (SSSR count). The molecule has 158 valence electrons. The van der Waals surface area contributed by atoms with Crippen LogP contribution in [0, 0.1) is 24.5 Å². The number of carbonyl (C=O) groups is 1. The number of halogens is 2. The third-order valence-corrected chi connectivity index (χ3v) is 6.85. The lowest BCUT2D eigenvalue weighted by atomic mass is 10.1. The molecule has 2 fully saturated rings. The van der Waals surface area contributed by atoms with Crippen molar-refractivity contribution in [2.75, 3.05) is 42.2 Å². The van der Waals surface area contributed by atoms with Crippen LogP contribution in [0.1, 0.15) is 17.5 Å². The van der Waals surface area contributed by atoms with Gasteiger partial charge in [-0.2, -0.15) is 0 Å². The van der Waals surface area contributed by atoms with Gasteiger partial charge < -0.3 is 20.4 Å². The van der Waals surface area contributed by atoms with E-state index in [1.807, 2.05) is 13.0 Å². The van der Waals surface area contributed by atoms with Crippen molar-refractivity contribution in [3.05, 3.63) is 53.1 Å². The van der Waals surface area contributed by atoms with E-state index >= 15 is 0 Å². The Labute approximate surface area is 175 Å². The summed E-state index contributed by atoms with van der Waals surface area (Å²) in [5.41, 5.74) is 3.33. The molecule has 0 saturated carbocycles. The van der Waals surface area contributed by atoms with Crippen LogP contribution < -0.4 is 15.5 Å². The van der Waals surface area contributed by atoms with E-state index < -0.39 is 6.04 Å². The van der Waals surface area contributed by atoms with Gasteiger partial charge in [-0.3, -0.25) is 4.79 Å². The van der Waals surface area contributed by atoms with E-state index in [0.717, 1.165) is 30.9 Å². The van der Waals surface area contributed by atoms with Crippen molar-refractivity contribution < 1.29 is 13.6 Å². The van der Waals surface area contributed by atoms with Gasteiger partial charge in [0.05, 0.1) is 0 Å². The topological polar surface area (TPSA) is 47.6 Å². The monoisotopic (exact) mass is 412 g/mol. The van der Waals surface area contributed by atoms with Crippen LogP contribution in [0.3, 0.4) is 0 Å². The second-order valence-electron chi connectivity index (χ2n) is 8.81. The number of hydrogen-bond donors (Lipinski definition) is 2. The molecule has 3 heterocycles. The molecule has 0 radical (unpaired) electrons. The molecule has 30 heavy (non-hydrogen) atoms. The highest BCUT2D eigenvalue weighted by atomic mass is 19.1. The minimum Gasteiger partial charge on any atom is -0.373 e. The van der Waals surface area contributed by atoms with Crippen molar-refractivity contribution in [1.82, 2.24) is 4.90 Å². The van der Waals surface area contributed by atoms with Gasteiger partial charge in [-0.15, -0.1) is 0 Å². The molecule has 0 bridgehead atoms. The van der Waals surface area contributed by atoms with E-state index in [-0.39, 0.29) is 24.0 Å². The van der Waals surface area contributed by atoms with Crippen LogP contribution in [0.15, 0.2) is 30.3 Å². The summed E-state index contributed by atoms with van der Waals surface area (Å²) in [6.07, 6.45) is 1.44. The smallest absolute Gasteiger partial charge is 0.247 e. The lowest BCUT2D eigenvalue weighted by Crippen LogP contribution is -2.33. The standard InChI is InChI=1S/C23H26F2N4O/c1-13-3-4-19(25)18-10-20(27-22(13)18)23(30)26-16-7-15(24)8-17(9-16)29-11-14-5-6-28(2)21(14)12-29/h3-4,7-9,14,20-21,27H,5-6,10-12H2,1-2H3,(H,26,30)/t14-,20?,21+/m1/s1. The predicted octanol–water partition coefficient (Wildman–Crippen LogP) is 3.39. The number of hydrogen-bond acceptors (Lipinski definition) is 4. The Morgan fingerprint density at radius 1 is 1.20 bits per heavy atom. The average Bonchev–Trinajstić information content (AvgIpc) is 3.41. The quantitative estimate of drug-likeness (QED) is 0.812. The Morgan fingerprint density at radius 3 is 2.80 bits per heavy atom. The number of fused-ring (bicyclic) bond motifs is 2. The molecule has 0 aliphatic carbocycles. The number of likely N-dealkylation sites (tertiary alicyclic amines) is 1. The molecule has 1 unspecified atom stereocenters. The fourth-order valence-corrected chi connectivity index (χ4v) is 5.17. The summed E-state index contributed by atoms with van der Waals surface area (Å²) in [7, 11) is 2.14. The average molecular weight is 412 g/mol. The molecule has 7 heteroatoms. The largest absolute Gasteiger partial charge is 0.373 e. The molecule has 3 atom stereocenters. The molecule has 2 aromatic rings. The van der Waals surface area contributed by atoms with Crippen LogP contribution in [-0.2, 0) is 11.2 Å². The fourth-order valence-electron chi connectivity index (χ4n) is 5.17. The Bertz CT molecular complexity index is 980. The van der Waals surface area contributed by atoms with Crippen LogP contribution >= 0.6 is 0 Å². The van der Waals surface area contributed by atoms with Gasteiger partial charge in [0.1, 0.15) is 17.7 Å². The Kier molecular flexibility index (Phi) is 4.65. The van der Waals surface area contributed by atoms with Crippen molar-refractivity contribution >= 4 is 23.0 Å². The van der Waals surface area contributed by atoms with Gasteiger partial charge in [-0.05, 0) is 62.7 Å². The third kappa shape index (κ3) is 3.31. The molecule has 0 aromatic heterocycles. The molecular formula is C23H26F2N4O. The number of likely N-dealkylation sites (N-methyl/N-ethyl adjacent to an activating group) is 1. The van der Waals surface area contributed by atoms with E-state index in [1.165, 1.54) is 24.6 Å². The van der Waals surface area contributed by atoms with Gasteiger partial charge in [0.25, 0.3) is 0 Å². The first-order valence-electron chi connectivity index (χ1n) is 10.5. The first-order chi connectivity index (χ1) is 14.4. The molecule has 5 nitrogen and oxygen atoms in total. The number of amides is 1. The molecule has 3 aliphatic heterocycles. The molecule has 2 saturated heterocycles. The lowest BCUT2D eigenvalue weighted by molar-refractivity contribution is -0.116. The minimum absolute atomic E-state index is 0.276. The van der Waals surface area contributed by atoms with Crippen LogP contribution in [-0.4, -0.2) is 49.6 Å². The zero-order valence-corrected chi connectivity index (χ0v) is 17.2. The van der Waals surface area contributed by atoms with Crippen molar-refractivity contribution in [1.29, 1.82) is 0 Å². The van der Waals surface area contributed by atoms with Crippen molar-refractivity contribution in [3.8, 4) is 0 Å². The van der Waals surface area contributed by atoms with E-state index in [2.05, 4.69) is 27.5 Å². The maximum atomic E-state index is 14.3. The summed E-state index contributed by atoms with van der Waals surface area (Å²) < 4.78 is 28.5. The number of rotatable bonds is 3. The minimum atomic E-state index is -0.581. The summed E-state index contributed by atoms with van der Waals surface area (Å²) in [6.45, 7) is 4.78. The highest BCUT2D eigenvalue weighted by Gasteiger charge is 2.39. The summed E-state index contributed by atoms with van der Waals surface area (Å²) >= 11 is 0. The SMILES string of the molecule is Cc1ccc(F)c2c1NC(C(=O)Nc1cc(F)cc(N3C[C@H]4CCN(C)[C@H]4C3)c1)C2. The molecule has 0 spiro atoms. The van der Waals surface area contributed by atoms with Crippen LogP contribution in [0.5, 0.6) is 0 Å². The van der Waals surface area contributed by atoms with Gasteiger partial charge in [0.2, 0.25) is 5.91 Å². The third-order valence-electron chi connectivity index (χ3n) is 6.85. The van der Waals surface area contributed by atoms with E-state index in [9.17, 15) is 13.6 Å². The maximum absolute atomic E-state index is 14.3. The zero-order valence-electron chi connectivity index (χ0n) is 17.2. The van der Waals surface area contributed by atoms with Crippen molar-refractivity contribution in [2.45, 2.75) is 31.8 Å². The summed E-state index contributed by atoms with van der Waals surface area (Å²) in [4.78, 5) is 17.4. The van der Waals surface area contributed by atoms with E-state index in [1.54, 1.807) is 6.07 Å². The number of nitrogens with zero attached hydrogens (tertiary/aromatic N) is 2. The second-order valence-corrected chi connectivity index (χ2v) is 8.81. The fraction of sp³-hybridized carbons (Fsp3) is 0.435. The number of carbonyl (C=O) groups excluding carboxylic acids is 1. The molecule has 1 amide bonds. The number of aryl methyl sites for hydroxylation is 1. The first kappa shape index (κ1) is 19.3. The summed E-state index contributed by atoms with van der Waals surface area (Å²) in [6, 6.07) is 7.74. The van der Waals surface area contributed by atoms with Gasteiger partial charge in [-0.25, -0.2) is 8.78 Å². The summed E-state index contributed by atoms with van der Waals surface area (Å²) in [5.74, 6) is -0.371. The highest BCUT2D eigenvalue weighted by molar-refractivity contribution is 5.98. The highest BCUT2D eigenvalue weighted by Crippen LogP contribution is 2.35. The molecule has 2 aromatic carbocycles. The second kappa shape index (κ2) is 7.23. The Balaban J connectivity index is 1.31. The molecular weight excluding hydrogens is 386 g/mol. The van der Waals surface area contributed by atoms with Gasteiger partial charge in [-0.1, -0.05) is 6.07 Å². The van der Waals surface area contributed by atoms with Crippen molar-refractivity contribution in [2.24, 2.45) is 5.92 Å². The van der Waals surface area contributed by atoms with Crippen LogP contribution in [0.2, 0.25) is 0 Å². The molecule has 3 aliphatic rings. The zero-order chi connectivity index (χ0) is 21.0. The Morgan fingerprint density at radius 2 is 2.03 bits per heavy atom. The maximum Gasteiger partial charge on any atom is 0.247 e.